The van der Waals surface area contributed by atoms with Gasteiger partial charge in [0.05, 0.1) is 5.92 Å². The van der Waals surface area contributed by atoms with Crippen molar-refractivity contribution in [3.8, 4) is 5.95 Å². The molecule has 0 bridgehead atoms. The molecule has 0 aliphatic rings. The highest BCUT2D eigenvalue weighted by atomic mass is 31.2. The molecule has 0 amide bonds. The van der Waals surface area contributed by atoms with Crippen LogP contribution in [0.25, 0.3) is 0 Å². The lowest BCUT2D eigenvalue weighted by Crippen LogP contribution is -2.22. The van der Waals surface area contributed by atoms with Gasteiger partial charge in [-0.2, -0.15) is 0 Å². The molecular weight excluding hydrogens is 419 g/mol. The summed E-state index contributed by atoms with van der Waals surface area (Å²) in [6.07, 6.45) is -0.804. The zero-order valence-corrected chi connectivity index (χ0v) is 15.9. The van der Waals surface area contributed by atoms with Crippen molar-refractivity contribution in [3.63, 3.8) is 0 Å². The molecule has 13 nitrogen and oxygen atoms in total. The van der Waals surface area contributed by atoms with Gasteiger partial charge in [0.15, 0.2) is 33.1 Å². The van der Waals surface area contributed by atoms with Gasteiger partial charge in [-0.3, -0.25) is 9.59 Å². The van der Waals surface area contributed by atoms with E-state index in [4.69, 9.17) is 9.47 Å². The summed E-state index contributed by atoms with van der Waals surface area (Å²) in [5, 5.41) is 9.25. The van der Waals surface area contributed by atoms with E-state index in [1.807, 2.05) is 0 Å². The van der Waals surface area contributed by atoms with Crippen LogP contribution in [0.4, 0.5) is 0 Å². The molecule has 2 rings (SSSR count). The molecule has 0 aliphatic carbocycles. The van der Waals surface area contributed by atoms with Crippen LogP contribution in [0.3, 0.4) is 0 Å². The average Bonchev–Trinajstić information content (AvgIpc) is 3.13. The highest BCUT2D eigenvalue weighted by Crippen LogP contribution is 2.30. The number of aryl methyl sites for hydroxylation is 1. The largest absolute Gasteiger partial charge is 0.522 e. The first-order valence-corrected chi connectivity index (χ1v) is 9.47. The van der Waals surface area contributed by atoms with Crippen molar-refractivity contribution in [2.75, 3.05) is 6.16 Å². The van der Waals surface area contributed by atoms with Gasteiger partial charge >= 0.3 is 29.5 Å². The summed E-state index contributed by atoms with van der Waals surface area (Å²) >= 11 is 0. The van der Waals surface area contributed by atoms with Crippen LogP contribution in [0.15, 0.2) is 27.3 Å². The Hall–Kier alpha value is -2.89. The van der Waals surface area contributed by atoms with Crippen molar-refractivity contribution in [1.29, 1.82) is 0 Å². The molecule has 0 aromatic carbocycles. The Labute approximate surface area is 162 Å². The lowest BCUT2D eigenvalue weighted by Gasteiger charge is -2.15. The smallest absolute Gasteiger partial charge is 0.478 e. The Bertz CT molecular complexity index is 946. The number of rotatable bonds is 10. The number of ether oxygens (including phenoxy) is 2. The van der Waals surface area contributed by atoms with Crippen molar-refractivity contribution in [1.82, 2.24) is 0 Å². The summed E-state index contributed by atoms with van der Waals surface area (Å²) in [4.78, 5) is 64.1. The van der Waals surface area contributed by atoms with Crippen LogP contribution in [-0.2, 0) is 32.3 Å². The Morgan fingerprint density at radius 1 is 1.00 bits per heavy atom. The minimum atomic E-state index is -2.47. The van der Waals surface area contributed by atoms with Crippen LogP contribution in [0.2, 0.25) is 0 Å². The summed E-state index contributed by atoms with van der Waals surface area (Å²) in [6, 6.07) is 0. The monoisotopic (exact) mass is 436 g/mol. The van der Waals surface area contributed by atoms with Crippen LogP contribution in [0.1, 0.15) is 30.1 Å². The standard InChI is InChI=1S/C15H17O13P/c1-7-9(26-14(19)25-7)4-23-11(16)3-2-8(6-29(21)22)12(17)24-5-10-13(18)28-15(20)27-10/h8,18,21-22H,2-6H2,1H3. The van der Waals surface area contributed by atoms with Gasteiger partial charge < -0.3 is 42.0 Å². The molecule has 14 heteroatoms. The highest BCUT2D eigenvalue weighted by Gasteiger charge is 2.26. The Morgan fingerprint density at radius 3 is 2.17 bits per heavy atom. The van der Waals surface area contributed by atoms with Gasteiger partial charge in [0.1, 0.15) is 0 Å². The van der Waals surface area contributed by atoms with Gasteiger partial charge in [-0.25, -0.2) is 9.59 Å². The summed E-state index contributed by atoms with van der Waals surface area (Å²) in [7, 11) is -2.47. The molecule has 2 aromatic heterocycles. The number of esters is 2. The van der Waals surface area contributed by atoms with Crippen molar-refractivity contribution < 1.29 is 51.6 Å². The topological polar surface area (TPSA) is 200 Å². The first kappa shape index (κ1) is 22.4. The van der Waals surface area contributed by atoms with E-state index < -0.39 is 56.2 Å². The van der Waals surface area contributed by atoms with E-state index in [-0.39, 0.29) is 37.1 Å². The highest BCUT2D eigenvalue weighted by molar-refractivity contribution is 7.45. The summed E-state index contributed by atoms with van der Waals surface area (Å²) in [6.45, 7) is 0.465. The van der Waals surface area contributed by atoms with E-state index in [0.717, 1.165) is 0 Å². The molecule has 2 heterocycles. The predicted molar refractivity (Wildman–Crippen MR) is 89.4 cm³/mol. The molecule has 0 saturated heterocycles. The molecule has 0 spiro atoms. The minimum Gasteiger partial charge on any atom is -0.478 e. The van der Waals surface area contributed by atoms with E-state index in [2.05, 4.69) is 17.7 Å². The molecule has 0 fully saturated rings. The van der Waals surface area contributed by atoms with Crippen molar-refractivity contribution >= 4 is 20.3 Å². The normalized spacial score (nSPS) is 12.1. The maximum atomic E-state index is 12.1. The van der Waals surface area contributed by atoms with E-state index in [1.54, 1.807) is 0 Å². The third-order valence-corrected chi connectivity index (χ3v) is 4.35. The minimum absolute atomic E-state index is 0.0370. The fourth-order valence-corrected chi connectivity index (χ4v) is 2.87. The first-order valence-electron chi connectivity index (χ1n) is 8.04. The molecule has 29 heavy (non-hydrogen) atoms. The zero-order valence-electron chi connectivity index (χ0n) is 15.0. The SMILES string of the molecule is Cc1oc(=O)oc1COC(=O)CCC(CP(O)O)C(=O)OCc1oc(=O)oc1O. The Balaban J connectivity index is 1.86. The van der Waals surface area contributed by atoms with Crippen molar-refractivity contribution in [2.45, 2.75) is 33.0 Å². The van der Waals surface area contributed by atoms with Crippen LogP contribution >= 0.6 is 8.38 Å². The second-order valence-corrected chi connectivity index (χ2v) is 6.78. The molecule has 0 aliphatic heterocycles. The number of carbonyl (C=O) groups excluding carboxylic acids is 2. The van der Waals surface area contributed by atoms with Crippen molar-refractivity contribution in [2.24, 2.45) is 5.92 Å². The molecular formula is C15H17O13P. The molecule has 1 atom stereocenters. The lowest BCUT2D eigenvalue weighted by atomic mass is 10.1. The van der Waals surface area contributed by atoms with Gasteiger partial charge in [0.25, 0.3) is 0 Å². The second-order valence-electron chi connectivity index (χ2n) is 5.67. The lowest BCUT2D eigenvalue weighted by molar-refractivity contribution is -0.151. The first-order chi connectivity index (χ1) is 13.7. The van der Waals surface area contributed by atoms with E-state index in [1.165, 1.54) is 6.92 Å². The summed E-state index contributed by atoms with van der Waals surface area (Å²) in [5.74, 6) is -5.96. The number of hydrogen-bond acceptors (Lipinski definition) is 13. The fourth-order valence-electron chi connectivity index (χ4n) is 2.14. The Kier molecular flexibility index (Phi) is 7.76. The number of hydrogen-bond donors (Lipinski definition) is 3. The number of carbonyl (C=O) groups is 2. The molecule has 0 saturated carbocycles. The third kappa shape index (κ3) is 6.89. The van der Waals surface area contributed by atoms with E-state index >= 15 is 0 Å². The Morgan fingerprint density at radius 2 is 1.62 bits per heavy atom. The quantitative estimate of drug-likeness (QED) is 0.339. The van der Waals surface area contributed by atoms with Crippen LogP contribution in [-0.4, -0.2) is 33.0 Å². The van der Waals surface area contributed by atoms with Crippen LogP contribution in [0, 0.1) is 12.8 Å². The molecule has 160 valence electrons. The zero-order chi connectivity index (χ0) is 21.6. The predicted octanol–water partition coefficient (Wildman–Crippen LogP) is 0.273. The van der Waals surface area contributed by atoms with E-state index in [0.29, 0.717) is 0 Å². The van der Waals surface area contributed by atoms with Crippen LogP contribution in [0.5, 0.6) is 5.95 Å². The summed E-state index contributed by atoms with van der Waals surface area (Å²) < 4.78 is 27.7. The van der Waals surface area contributed by atoms with Crippen LogP contribution < -0.4 is 11.6 Å². The fraction of sp³-hybridized carbons (Fsp3) is 0.467. The van der Waals surface area contributed by atoms with Gasteiger partial charge in [-0.15, -0.1) is 0 Å². The maximum Gasteiger partial charge on any atom is 0.522 e. The molecule has 1 unspecified atom stereocenters. The van der Waals surface area contributed by atoms with Gasteiger partial charge in [-0.1, -0.05) is 0 Å². The molecule has 0 radical (unpaired) electrons. The third-order valence-electron chi connectivity index (χ3n) is 3.58. The van der Waals surface area contributed by atoms with Gasteiger partial charge in [-0.05, 0) is 13.3 Å². The van der Waals surface area contributed by atoms with Gasteiger partial charge in [0, 0.05) is 12.6 Å². The summed E-state index contributed by atoms with van der Waals surface area (Å²) in [5.41, 5.74) is 0. The van der Waals surface area contributed by atoms with E-state index in [9.17, 15) is 34.1 Å². The average molecular weight is 436 g/mol. The maximum absolute atomic E-state index is 12.1. The second kappa shape index (κ2) is 10.0. The van der Waals surface area contributed by atoms with Crippen molar-refractivity contribution in [3.05, 3.63) is 38.5 Å². The number of aromatic hydroxyl groups is 1. The van der Waals surface area contributed by atoms with Gasteiger partial charge in [0.2, 0.25) is 5.76 Å². The molecule has 2 aromatic rings. The molecule has 3 N–H and O–H groups in total.